The molecule has 1 atom stereocenters. The fourth-order valence-corrected chi connectivity index (χ4v) is 2.38. The predicted octanol–water partition coefficient (Wildman–Crippen LogP) is -2.53. The van der Waals surface area contributed by atoms with Crippen molar-refractivity contribution in [2.45, 2.75) is 17.9 Å². The van der Waals surface area contributed by atoms with Gasteiger partial charge in [-0.25, -0.2) is 13.1 Å². The molecular formula is C10H9NO6S-2. The molecule has 1 aromatic carbocycles. The van der Waals surface area contributed by atoms with Gasteiger partial charge in [-0.3, -0.25) is 0 Å². The number of aliphatic carboxylic acids is 1. The molecule has 0 amide bonds. The summed E-state index contributed by atoms with van der Waals surface area (Å²) in [4.78, 5) is 20.7. The second kappa shape index (κ2) is 5.15. The lowest BCUT2D eigenvalue weighted by Crippen LogP contribution is -2.45. The third-order valence-corrected chi connectivity index (χ3v) is 3.60. The maximum absolute atomic E-state index is 11.7. The minimum Gasteiger partial charge on any atom is -0.548 e. The Morgan fingerprint density at radius 3 is 2.39 bits per heavy atom. The molecule has 8 heteroatoms. The number of aromatic carboxylic acids is 1. The van der Waals surface area contributed by atoms with Gasteiger partial charge < -0.3 is 19.8 Å². The van der Waals surface area contributed by atoms with Gasteiger partial charge >= 0.3 is 0 Å². The molecule has 1 rings (SSSR count). The van der Waals surface area contributed by atoms with Gasteiger partial charge in [0.1, 0.15) is 0 Å². The van der Waals surface area contributed by atoms with Crippen molar-refractivity contribution in [1.82, 2.24) is 4.72 Å². The van der Waals surface area contributed by atoms with Gasteiger partial charge in [0.15, 0.2) is 0 Å². The second-order valence-corrected chi connectivity index (χ2v) is 5.19. The molecule has 0 spiro atoms. The van der Waals surface area contributed by atoms with E-state index in [1.54, 1.807) is 0 Å². The van der Waals surface area contributed by atoms with Crippen LogP contribution in [0.3, 0.4) is 0 Å². The van der Waals surface area contributed by atoms with Crippen LogP contribution in [0, 0.1) is 0 Å². The molecule has 0 heterocycles. The number of sulfonamides is 1. The maximum Gasteiger partial charge on any atom is 0.241 e. The SMILES string of the molecule is C[C@@H](NS(=O)(=O)c1cccc(C(=O)[O-])c1)C(=O)[O-]. The number of hydrogen-bond donors (Lipinski definition) is 1. The average Bonchev–Trinajstić information content (AvgIpc) is 2.28. The van der Waals surface area contributed by atoms with Crippen molar-refractivity contribution in [3.8, 4) is 0 Å². The predicted molar refractivity (Wildman–Crippen MR) is 55.6 cm³/mol. The number of hydrogen-bond acceptors (Lipinski definition) is 6. The van der Waals surface area contributed by atoms with Gasteiger partial charge in [-0.2, -0.15) is 0 Å². The minimum atomic E-state index is -4.12. The van der Waals surface area contributed by atoms with E-state index < -0.39 is 28.0 Å². The summed E-state index contributed by atoms with van der Waals surface area (Å²) in [5, 5.41) is 21.0. The zero-order chi connectivity index (χ0) is 13.9. The van der Waals surface area contributed by atoms with Gasteiger partial charge in [0, 0.05) is 0 Å². The zero-order valence-electron chi connectivity index (χ0n) is 9.24. The van der Waals surface area contributed by atoms with E-state index in [2.05, 4.69) is 0 Å². The Hall–Kier alpha value is -1.93. The molecule has 0 radical (unpaired) electrons. The van der Waals surface area contributed by atoms with Crippen molar-refractivity contribution in [3.63, 3.8) is 0 Å². The van der Waals surface area contributed by atoms with Gasteiger partial charge in [-0.15, -0.1) is 0 Å². The summed E-state index contributed by atoms with van der Waals surface area (Å²) in [6.45, 7) is 1.09. The van der Waals surface area contributed by atoms with Crippen molar-refractivity contribution in [1.29, 1.82) is 0 Å². The summed E-state index contributed by atoms with van der Waals surface area (Å²) < 4.78 is 25.2. The van der Waals surface area contributed by atoms with E-state index in [0.717, 1.165) is 25.1 Å². The Morgan fingerprint density at radius 2 is 1.89 bits per heavy atom. The van der Waals surface area contributed by atoms with Crippen LogP contribution in [-0.4, -0.2) is 26.4 Å². The fraction of sp³-hybridized carbons (Fsp3) is 0.200. The monoisotopic (exact) mass is 271 g/mol. The van der Waals surface area contributed by atoms with Gasteiger partial charge in [0.25, 0.3) is 0 Å². The number of carbonyl (C=O) groups is 2. The van der Waals surface area contributed by atoms with Crippen LogP contribution in [0.1, 0.15) is 17.3 Å². The van der Waals surface area contributed by atoms with Crippen LogP contribution < -0.4 is 14.9 Å². The first-order valence-corrected chi connectivity index (χ1v) is 6.27. The van der Waals surface area contributed by atoms with E-state index in [1.165, 1.54) is 6.07 Å². The Kier molecular flexibility index (Phi) is 4.04. The summed E-state index contributed by atoms with van der Waals surface area (Å²) in [7, 11) is -4.12. The Bertz CT molecular complexity index is 580. The van der Waals surface area contributed by atoms with Crippen molar-refractivity contribution >= 4 is 22.0 Å². The van der Waals surface area contributed by atoms with E-state index in [-0.39, 0.29) is 10.5 Å². The van der Waals surface area contributed by atoms with Crippen molar-refractivity contribution in [2.24, 2.45) is 0 Å². The molecule has 0 saturated heterocycles. The number of rotatable bonds is 5. The van der Waals surface area contributed by atoms with E-state index in [0.29, 0.717) is 0 Å². The first-order valence-electron chi connectivity index (χ1n) is 4.78. The number of nitrogens with one attached hydrogen (secondary N) is 1. The lowest BCUT2D eigenvalue weighted by Gasteiger charge is -2.15. The largest absolute Gasteiger partial charge is 0.548 e. The van der Waals surface area contributed by atoms with Crippen molar-refractivity contribution < 1.29 is 28.2 Å². The third-order valence-electron chi connectivity index (χ3n) is 2.07. The molecule has 0 unspecified atom stereocenters. The lowest BCUT2D eigenvalue weighted by atomic mass is 10.2. The highest BCUT2D eigenvalue weighted by atomic mass is 32.2. The fourth-order valence-electron chi connectivity index (χ4n) is 1.14. The molecule has 1 aromatic rings. The van der Waals surface area contributed by atoms with Gasteiger partial charge in [-0.05, 0) is 24.6 Å². The van der Waals surface area contributed by atoms with Gasteiger partial charge in [0.2, 0.25) is 10.0 Å². The topological polar surface area (TPSA) is 126 Å². The quantitative estimate of drug-likeness (QED) is 0.629. The summed E-state index contributed by atoms with van der Waals surface area (Å²) >= 11 is 0. The molecule has 0 aromatic heterocycles. The lowest BCUT2D eigenvalue weighted by molar-refractivity contribution is -0.307. The number of benzene rings is 1. The summed E-state index contributed by atoms with van der Waals surface area (Å²) in [6.07, 6.45) is 0. The van der Waals surface area contributed by atoms with Crippen molar-refractivity contribution in [3.05, 3.63) is 29.8 Å². The Morgan fingerprint density at radius 1 is 1.28 bits per heavy atom. The molecule has 98 valence electrons. The highest BCUT2D eigenvalue weighted by molar-refractivity contribution is 7.89. The molecule has 0 aliphatic heterocycles. The maximum atomic E-state index is 11.7. The first-order chi connectivity index (χ1) is 8.24. The smallest absolute Gasteiger partial charge is 0.241 e. The number of carboxylic acids is 2. The molecule has 7 nitrogen and oxygen atoms in total. The number of carboxylic acid groups (broad SMARTS) is 2. The van der Waals surface area contributed by atoms with Crippen molar-refractivity contribution in [2.75, 3.05) is 0 Å². The molecule has 0 fully saturated rings. The van der Waals surface area contributed by atoms with Gasteiger partial charge in [0.05, 0.1) is 22.9 Å². The molecule has 0 aliphatic rings. The van der Waals surface area contributed by atoms with E-state index in [1.807, 2.05) is 4.72 Å². The van der Waals surface area contributed by atoms with Crippen LogP contribution >= 0.6 is 0 Å². The number of carbonyl (C=O) groups excluding carboxylic acids is 2. The van der Waals surface area contributed by atoms with E-state index in [4.69, 9.17) is 0 Å². The van der Waals surface area contributed by atoms with E-state index >= 15 is 0 Å². The van der Waals surface area contributed by atoms with Crippen LogP contribution in [0.2, 0.25) is 0 Å². The molecule has 0 aliphatic carbocycles. The highest BCUT2D eigenvalue weighted by Crippen LogP contribution is 2.11. The summed E-state index contributed by atoms with van der Waals surface area (Å²) in [6, 6.07) is 2.96. The molecule has 0 saturated carbocycles. The van der Waals surface area contributed by atoms with Crippen LogP contribution in [0.15, 0.2) is 29.2 Å². The van der Waals surface area contributed by atoms with Crippen LogP contribution in [0.5, 0.6) is 0 Å². The standard InChI is InChI=1S/C10H11NO6S/c1-6(9(12)13)11-18(16,17)8-4-2-3-7(5-8)10(14)15/h2-6,11H,1H3,(H,12,13)(H,14,15)/p-2/t6-/m1/s1. The van der Waals surface area contributed by atoms with Crippen LogP contribution in [0.4, 0.5) is 0 Å². The van der Waals surface area contributed by atoms with Gasteiger partial charge in [-0.1, -0.05) is 12.1 Å². The first kappa shape index (κ1) is 14.1. The van der Waals surface area contributed by atoms with Crippen LogP contribution in [-0.2, 0) is 14.8 Å². The van der Waals surface area contributed by atoms with Crippen LogP contribution in [0.25, 0.3) is 0 Å². The van der Waals surface area contributed by atoms with E-state index in [9.17, 15) is 28.2 Å². The summed E-state index contributed by atoms with van der Waals surface area (Å²) in [5.41, 5.74) is -0.320. The highest BCUT2D eigenvalue weighted by Gasteiger charge is 2.18. The zero-order valence-corrected chi connectivity index (χ0v) is 10.1. The second-order valence-electron chi connectivity index (χ2n) is 3.48. The summed E-state index contributed by atoms with van der Waals surface area (Å²) in [5.74, 6) is -3.12. The molecule has 0 bridgehead atoms. The normalized spacial score (nSPS) is 12.9. The molecular weight excluding hydrogens is 262 g/mol. The minimum absolute atomic E-state index is 0.320. The molecule has 18 heavy (non-hydrogen) atoms. The Balaban J connectivity index is 3.09. The molecule has 1 N–H and O–H groups in total. The third kappa shape index (κ3) is 3.28. The average molecular weight is 271 g/mol. The Labute approximate surface area is 103 Å².